The predicted molar refractivity (Wildman–Crippen MR) is 366 cm³/mol. The van der Waals surface area contributed by atoms with Gasteiger partial charge in [0.05, 0.1) is 19.8 Å². The number of hydrogen-bond acceptors (Lipinski definition) is 17. The zero-order valence-electron chi connectivity index (χ0n) is 57.0. The van der Waals surface area contributed by atoms with Crippen molar-refractivity contribution in [2.45, 2.75) is 271 Å². The number of fused-ring (bicyclic) bond motifs is 1. The van der Waals surface area contributed by atoms with Crippen molar-refractivity contribution in [1.29, 1.82) is 0 Å². The van der Waals surface area contributed by atoms with Crippen molar-refractivity contribution < 1.29 is 56.3 Å². The Morgan fingerprint density at radius 1 is 0.615 bits per heavy atom. The van der Waals surface area contributed by atoms with Crippen molar-refractivity contribution in [2.75, 3.05) is 75.8 Å². The maximum atomic E-state index is 13.2. The molecule has 91 heavy (non-hydrogen) atoms. The number of oxazole rings is 1. The molecule has 3 aromatic carbocycles. The summed E-state index contributed by atoms with van der Waals surface area (Å²) < 4.78 is 52.6. The molecular weight excluding hydrogens is 1180 g/mol. The highest BCUT2D eigenvalue weighted by Crippen LogP contribution is 2.43. The number of nitrogens with zero attached hydrogens (tertiary/aromatic N) is 2. The standard InChI is InChI=1S/C71H116N5O14P/c1-9-11-13-15-17-19-21-23-25-27-29-31-33-35-37-39-62(77)85-54-59(89-63(78)40-38-36-34-32-30-28-26-24-22-20-18-16-14-12-10-2)55-88-91(82,83)87-52-49-73-69(81)71(5,6)86-50-47-70(3,4)75-65-64(66(79)67(65)80)72-48-51-84-58-45-46-60-61(53-58)90-68(74-60)56-41-43-57(44-42-56)76(7)8/h41-46,53,59,72,75H,9-40,47-52,54-55H2,1-8H3,(H,73,81)(H,82,83). The summed E-state index contributed by atoms with van der Waals surface area (Å²) in [7, 11) is -0.771. The first-order valence-corrected chi connectivity index (χ1v) is 36.3. The van der Waals surface area contributed by atoms with Gasteiger partial charge in [0, 0.05) is 62.9 Å². The maximum Gasteiger partial charge on any atom is 0.472 e. The fourth-order valence-electron chi connectivity index (χ4n) is 10.7. The number of esters is 2. The Labute approximate surface area is 544 Å². The van der Waals surface area contributed by atoms with E-state index in [1.807, 2.05) is 63.2 Å². The lowest BCUT2D eigenvalue weighted by Gasteiger charge is -2.31. The smallest absolute Gasteiger partial charge is 0.472 e. The molecular formula is C71H116N5O14P. The van der Waals surface area contributed by atoms with Gasteiger partial charge in [0.1, 0.15) is 41.5 Å². The molecule has 514 valence electrons. The van der Waals surface area contributed by atoms with Crippen LogP contribution < -0.4 is 36.4 Å². The molecule has 4 aromatic rings. The van der Waals surface area contributed by atoms with Gasteiger partial charge in [-0.25, -0.2) is 9.55 Å². The zero-order chi connectivity index (χ0) is 66.2. The largest absolute Gasteiger partial charge is 0.492 e. The number of carbonyl (C=O) groups excluding carboxylic acids is 3. The third-order valence-corrected chi connectivity index (χ3v) is 17.5. The minimum atomic E-state index is -4.72. The number of phosphoric ester groups is 1. The average molecular weight is 1290 g/mol. The van der Waals surface area contributed by atoms with Crippen LogP contribution in [0.5, 0.6) is 5.75 Å². The predicted octanol–water partition coefficient (Wildman–Crippen LogP) is 16.3. The first-order chi connectivity index (χ1) is 43.7. The van der Waals surface area contributed by atoms with E-state index in [9.17, 15) is 33.4 Å². The first kappa shape index (κ1) is 78.1. The molecule has 1 amide bonds. The molecule has 0 spiro atoms. The highest BCUT2D eigenvalue weighted by Gasteiger charge is 2.32. The van der Waals surface area contributed by atoms with Crippen LogP contribution in [0.2, 0.25) is 0 Å². The monoisotopic (exact) mass is 1290 g/mol. The molecule has 4 N–H and O–H groups in total. The van der Waals surface area contributed by atoms with E-state index in [4.69, 9.17) is 32.4 Å². The molecule has 20 heteroatoms. The minimum Gasteiger partial charge on any atom is -0.492 e. The second-order valence-corrected chi connectivity index (χ2v) is 27.4. The third kappa shape index (κ3) is 32.9. The third-order valence-electron chi connectivity index (χ3n) is 16.5. The van der Waals surface area contributed by atoms with Gasteiger partial charge in [-0.1, -0.05) is 194 Å². The van der Waals surface area contributed by atoms with Crippen molar-refractivity contribution >= 4 is 53.8 Å². The number of rotatable bonds is 56. The second kappa shape index (κ2) is 44.3. The van der Waals surface area contributed by atoms with Gasteiger partial charge < -0.3 is 49.1 Å². The number of aromatic nitrogens is 1. The number of anilines is 3. The Bertz CT molecular complexity index is 2770. The summed E-state index contributed by atoms with van der Waals surface area (Å²) in [6.07, 6.45) is 35.7. The van der Waals surface area contributed by atoms with Gasteiger partial charge in [-0.3, -0.25) is 33.0 Å². The Morgan fingerprint density at radius 3 is 1.65 bits per heavy atom. The SMILES string of the molecule is CCCCCCCCCCCCCCCCCC(=O)OCC(COP(=O)(O)OCCNC(=O)C(C)(C)OCCC(C)(C)Nc1c(NCCOc2ccc3nc(-c4ccc(N(C)C)cc4)oc3c2)c(=O)c1=O)OC(=O)CCCCCCCCCCCCCCCCC. The molecule has 1 heterocycles. The Kier molecular flexibility index (Phi) is 38.0. The first-order valence-electron chi connectivity index (χ1n) is 34.8. The van der Waals surface area contributed by atoms with Crippen LogP contribution in [0.15, 0.2) is 56.5 Å². The normalized spacial score (nSPS) is 12.9. The summed E-state index contributed by atoms with van der Waals surface area (Å²) in [5.74, 6) is -0.428. The van der Waals surface area contributed by atoms with Gasteiger partial charge in [-0.2, -0.15) is 0 Å². The van der Waals surface area contributed by atoms with Crippen molar-refractivity contribution in [3.05, 3.63) is 62.9 Å². The van der Waals surface area contributed by atoms with Crippen LogP contribution in [-0.4, -0.2) is 105 Å². The van der Waals surface area contributed by atoms with E-state index < -0.39 is 67.0 Å². The van der Waals surface area contributed by atoms with Crippen LogP contribution in [0.25, 0.3) is 22.6 Å². The summed E-state index contributed by atoms with van der Waals surface area (Å²) >= 11 is 0. The fraction of sp³-hybridized carbons (Fsp3) is 0.718. The molecule has 0 aliphatic rings. The highest BCUT2D eigenvalue weighted by atomic mass is 31.2. The van der Waals surface area contributed by atoms with E-state index in [0.29, 0.717) is 42.0 Å². The topological polar surface area (TPSA) is 243 Å². The van der Waals surface area contributed by atoms with E-state index in [1.54, 1.807) is 26.0 Å². The average Bonchev–Trinajstić information content (AvgIpc) is 1.01. The number of benzene rings is 2. The van der Waals surface area contributed by atoms with Gasteiger partial charge in [0.25, 0.3) is 16.8 Å². The summed E-state index contributed by atoms with van der Waals surface area (Å²) in [6.45, 7) is 10.4. The van der Waals surface area contributed by atoms with Gasteiger partial charge >= 0.3 is 19.8 Å². The highest BCUT2D eigenvalue weighted by molar-refractivity contribution is 7.47. The molecule has 0 fully saturated rings. The number of ether oxygens (including phenoxy) is 4. The molecule has 0 saturated heterocycles. The molecule has 1 aromatic heterocycles. The number of unbranched alkanes of at least 4 members (excludes halogenated alkanes) is 28. The number of amides is 1. The molecule has 0 aliphatic heterocycles. The van der Waals surface area contributed by atoms with E-state index >= 15 is 0 Å². The van der Waals surface area contributed by atoms with Gasteiger partial charge in [0.15, 0.2) is 11.7 Å². The Hall–Kier alpha value is -5.33. The lowest BCUT2D eigenvalue weighted by molar-refractivity contribution is -0.161. The minimum absolute atomic E-state index is 0.0857. The Morgan fingerprint density at radius 2 is 1.12 bits per heavy atom. The van der Waals surface area contributed by atoms with E-state index in [-0.39, 0.29) is 57.1 Å². The second-order valence-electron chi connectivity index (χ2n) is 25.9. The van der Waals surface area contributed by atoms with Gasteiger partial charge in [-0.05, 0) is 83.4 Å². The van der Waals surface area contributed by atoms with Crippen LogP contribution in [-0.2, 0) is 42.2 Å². The molecule has 19 nitrogen and oxygen atoms in total. The molecule has 2 unspecified atom stereocenters. The van der Waals surface area contributed by atoms with Gasteiger partial charge in [-0.15, -0.1) is 0 Å². The molecule has 0 bridgehead atoms. The quantitative estimate of drug-likeness (QED) is 0.0139. The van der Waals surface area contributed by atoms with E-state index in [1.165, 1.54) is 141 Å². The zero-order valence-corrected chi connectivity index (χ0v) is 57.9. The van der Waals surface area contributed by atoms with Crippen LogP contribution >= 0.6 is 7.82 Å². The maximum absolute atomic E-state index is 13.2. The van der Waals surface area contributed by atoms with Crippen molar-refractivity contribution in [3.8, 4) is 17.2 Å². The van der Waals surface area contributed by atoms with Crippen molar-refractivity contribution in [1.82, 2.24) is 10.3 Å². The lowest BCUT2D eigenvalue weighted by atomic mass is 9.99. The Balaban J connectivity index is 1.13. The summed E-state index contributed by atoms with van der Waals surface area (Å²) in [6, 6.07) is 13.3. The molecule has 4 rings (SSSR count). The molecule has 0 saturated carbocycles. The van der Waals surface area contributed by atoms with Crippen LogP contribution in [0.4, 0.5) is 17.1 Å². The number of phosphoric acid groups is 1. The molecule has 0 aliphatic carbocycles. The van der Waals surface area contributed by atoms with Crippen LogP contribution in [0.3, 0.4) is 0 Å². The number of carbonyl (C=O) groups is 3. The van der Waals surface area contributed by atoms with Crippen LogP contribution in [0, 0.1) is 0 Å². The molecule has 2 atom stereocenters. The summed E-state index contributed by atoms with van der Waals surface area (Å²) in [5, 5.41) is 8.84. The summed E-state index contributed by atoms with van der Waals surface area (Å²) in [4.78, 5) is 81.7. The van der Waals surface area contributed by atoms with E-state index in [2.05, 4.69) is 34.8 Å². The van der Waals surface area contributed by atoms with Crippen molar-refractivity contribution in [3.63, 3.8) is 0 Å². The number of hydrogen-bond donors (Lipinski definition) is 4. The molecule has 0 radical (unpaired) electrons. The number of nitrogens with one attached hydrogen (secondary N) is 3. The summed E-state index contributed by atoms with van der Waals surface area (Å²) in [5.41, 5.74) is 0.0957. The van der Waals surface area contributed by atoms with Crippen molar-refractivity contribution in [2.24, 2.45) is 0 Å². The van der Waals surface area contributed by atoms with Crippen LogP contribution in [0.1, 0.15) is 253 Å². The lowest BCUT2D eigenvalue weighted by Crippen LogP contribution is -2.47. The van der Waals surface area contributed by atoms with Gasteiger partial charge in [0.2, 0.25) is 5.89 Å². The van der Waals surface area contributed by atoms with E-state index in [0.717, 1.165) is 49.8 Å². The fourth-order valence-corrected chi connectivity index (χ4v) is 11.5.